The van der Waals surface area contributed by atoms with Crippen LogP contribution in [-0.2, 0) is 17.1 Å². The smallest absolute Gasteiger partial charge is 0.326 e. The Labute approximate surface area is 151 Å². The van der Waals surface area contributed by atoms with Crippen LogP contribution < -0.4 is 10.0 Å². The molecular weight excluding hydrogens is 356 g/mol. The molecule has 2 heterocycles. The van der Waals surface area contributed by atoms with Crippen molar-refractivity contribution in [2.24, 2.45) is 7.05 Å². The van der Waals surface area contributed by atoms with E-state index in [0.29, 0.717) is 5.56 Å². The van der Waals surface area contributed by atoms with Gasteiger partial charge in [-0.3, -0.25) is 9.36 Å². The van der Waals surface area contributed by atoms with E-state index < -0.39 is 16.1 Å². The van der Waals surface area contributed by atoms with Gasteiger partial charge in [-0.05, 0) is 12.8 Å². The molecule has 1 aliphatic rings. The molecule has 0 aliphatic heterocycles. The first-order valence-corrected chi connectivity index (χ1v) is 9.75. The van der Waals surface area contributed by atoms with Crippen LogP contribution in [0.4, 0.5) is 4.79 Å². The van der Waals surface area contributed by atoms with Crippen LogP contribution in [0.3, 0.4) is 0 Å². The highest BCUT2D eigenvalue weighted by molar-refractivity contribution is 7.90. The van der Waals surface area contributed by atoms with Gasteiger partial charge in [0, 0.05) is 19.4 Å². The molecule has 2 aromatic heterocycles. The maximum Gasteiger partial charge on any atom is 0.329 e. The second-order valence-corrected chi connectivity index (χ2v) is 7.77. The lowest BCUT2D eigenvalue weighted by Gasteiger charge is -2.08. The van der Waals surface area contributed by atoms with Crippen molar-refractivity contribution in [3.63, 3.8) is 0 Å². The van der Waals surface area contributed by atoms with Crippen molar-refractivity contribution < 1.29 is 13.2 Å². The van der Waals surface area contributed by atoms with Crippen LogP contribution in [0.25, 0.3) is 0 Å². The van der Waals surface area contributed by atoms with E-state index in [1.54, 1.807) is 28.8 Å². The fraction of sp³-hybridized carbons (Fsp3) is 0.438. The first kappa shape index (κ1) is 18.0. The van der Waals surface area contributed by atoms with Crippen molar-refractivity contribution in [2.75, 3.05) is 6.54 Å². The van der Waals surface area contributed by atoms with Gasteiger partial charge in [-0.2, -0.15) is 10.2 Å². The summed E-state index contributed by atoms with van der Waals surface area (Å²) in [7, 11) is -2.19. The molecule has 2 aromatic rings. The van der Waals surface area contributed by atoms with Crippen LogP contribution in [-0.4, -0.2) is 40.6 Å². The molecule has 0 radical (unpaired) electrons. The summed E-state index contributed by atoms with van der Waals surface area (Å²) < 4.78 is 29.8. The zero-order valence-corrected chi connectivity index (χ0v) is 15.2. The summed E-state index contributed by atoms with van der Waals surface area (Å²) in [5.74, 6) is 5.54. The molecule has 0 spiro atoms. The number of nitrogens with one attached hydrogen (secondary N) is 2. The number of aryl methyl sites for hydroxylation is 1. The molecule has 9 nitrogen and oxygen atoms in total. The highest BCUT2D eigenvalue weighted by Gasteiger charge is 2.23. The van der Waals surface area contributed by atoms with E-state index in [9.17, 15) is 13.2 Å². The van der Waals surface area contributed by atoms with E-state index in [4.69, 9.17) is 0 Å². The first-order chi connectivity index (χ1) is 12.4. The minimum Gasteiger partial charge on any atom is -0.326 e. The Morgan fingerprint density at radius 3 is 2.73 bits per heavy atom. The number of hydrogen-bond acceptors (Lipinski definition) is 5. The first-order valence-electron chi connectivity index (χ1n) is 8.26. The van der Waals surface area contributed by atoms with E-state index in [0.717, 1.165) is 25.7 Å². The maximum atomic E-state index is 12.3. The third-order valence-electron chi connectivity index (χ3n) is 4.09. The fourth-order valence-corrected chi connectivity index (χ4v) is 3.67. The van der Waals surface area contributed by atoms with Gasteiger partial charge in [0.2, 0.25) is 0 Å². The number of hydrogen-bond donors (Lipinski definition) is 2. The molecule has 2 amide bonds. The number of aromatic nitrogens is 4. The van der Waals surface area contributed by atoms with E-state index >= 15 is 0 Å². The molecule has 138 valence electrons. The molecule has 0 unspecified atom stereocenters. The van der Waals surface area contributed by atoms with Crippen LogP contribution in [0, 0.1) is 11.8 Å². The molecule has 1 fully saturated rings. The molecular formula is C16H20N6O3S. The fourth-order valence-electron chi connectivity index (χ4n) is 2.80. The third-order valence-corrected chi connectivity index (χ3v) is 5.37. The number of carbonyl (C=O) groups is 1. The normalized spacial score (nSPS) is 14.7. The largest absolute Gasteiger partial charge is 0.329 e. The standard InChI is InChI=1S/C16H20N6O3S/c1-21-11-13(9-18-21)5-4-8-17-16(23)20-26(24,25)15-10-19-22(12-15)14-6-2-3-7-14/h9-12,14H,2-3,6-8H2,1H3,(H2,17,20,23). The van der Waals surface area contributed by atoms with Gasteiger partial charge in [0.25, 0.3) is 10.0 Å². The van der Waals surface area contributed by atoms with Gasteiger partial charge in [-0.25, -0.2) is 17.9 Å². The highest BCUT2D eigenvalue weighted by atomic mass is 32.2. The SMILES string of the molecule is Cn1cc(C#CCNC(=O)NS(=O)(=O)c2cnn(C3CCCC3)c2)cn1. The molecule has 2 N–H and O–H groups in total. The monoisotopic (exact) mass is 376 g/mol. The minimum absolute atomic E-state index is 0.0115. The molecule has 10 heteroatoms. The topological polar surface area (TPSA) is 111 Å². The van der Waals surface area contributed by atoms with Crippen molar-refractivity contribution in [1.82, 2.24) is 29.6 Å². The van der Waals surface area contributed by atoms with E-state index in [1.165, 1.54) is 12.4 Å². The van der Waals surface area contributed by atoms with Crippen molar-refractivity contribution in [3.8, 4) is 11.8 Å². The quantitative estimate of drug-likeness (QED) is 0.766. The Kier molecular flexibility index (Phi) is 5.27. The van der Waals surface area contributed by atoms with Gasteiger partial charge in [0.1, 0.15) is 4.90 Å². The summed E-state index contributed by atoms with van der Waals surface area (Å²) >= 11 is 0. The van der Waals surface area contributed by atoms with Crippen molar-refractivity contribution in [3.05, 3.63) is 30.4 Å². The summed E-state index contributed by atoms with van der Waals surface area (Å²) in [5, 5.41) is 10.5. The number of carbonyl (C=O) groups excluding carboxylic acids is 1. The average molecular weight is 376 g/mol. The van der Waals surface area contributed by atoms with Gasteiger partial charge >= 0.3 is 6.03 Å². The molecule has 1 saturated carbocycles. The number of rotatable bonds is 4. The Morgan fingerprint density at radius 1 is 1.27 bits per heavy atom. The second-order valence-electron chi connectivity index (χ2n) is 6.09. The van der Waals surface area contributed by atoms with Crippen LogP contribution in [0.2, 0.25) is 0 Å². The predicted molar refractivity (Wildman–Crippen MR) is 93.5 cm³/mol. The zero-order chi connectivity index (χ0) is 18.6. The molecule has 3 rings (SSSR count). The lowest BCUT2D eigenvalue weighted by Crippen LogP contribution is -2.39. The van der Waals surface area contributed by atoms with Gasteiger partial charge in [0.15, 0.2) is 0 Å². The lowest BCUT2D eigenvalue weighted by atomic mass is 10.3. The molecule has 0 atom stereocenters. The number of sulfonamides is 1. The summed E-state index contributed by atoms with van der Waals surface area (Å²) in [4.78, 5) is 11.8. The lowest BCUT2D eigenvalue weighted by molar-refractivity contribution is 0.247. The van der Waals surface area contributed by atoms with Crippen molar-refractivity contribution >= 4 is 16.1 Å². The number of urea groups is 1. The van der Waals surface area contributed by atoms with E-state index in [-0.39, 0.29) is 17.5 Å². The summed E-state index contributed by atoms with van der Waals surface area (Å²) in [5.41, 5.74) is 0.710. The molecule has 0 saturated heterocycles. The molecule has 1 aliphatic carbocycles. The minimum atomic E-state index is -3.96. The molecule has 26 heavy (non-hydrogen) atoms. The third kappa shape index (κ3) is 4.43. The van der Waals surface area contributed by atoms with E-state index in [2.05, 4.69) is 27.4 Å². The van der Waals surface area contributed by atoms with Gasteiger partial charge < -0.3 is 5.32 Å². The zero-order valence-electron chi connectivity index (χ0n) is 14.3. The Morgan fingerprint density at radius 2 is 2.04 bits per heavy atom. The number of amides is 2. The molecule has 0 aromatic carbocycles. The predicted octanol–water partition coefficient (Wildman–Crippen LogP) is 0.771. The van der Waals surface area contributed by atoms with Gasteiger partial charge in [-0.1, -0.05) is 24.7 Å². The Balaban J connectivity index is 1.53. The average Bonchev–Trinajstić information content (AvgIpc) is 3.31. The Hall–Kier alpha value is -2.80. The summed E-state index contributed by atoms with van der Waals surface area (Å²) in [6.45, 7) is 0.0115. The van der Waals surface area contributed by atoms with Crippen molar-refractivity contribution in [2.45, 2.75) is 36.6 Å². The second kappa shape index (κ2) is 7.61. The van der Waals surface area contributed by atoms with Crippen LogP contribution in [0.5, 0.6) is 0 Å². The highest BCUT2D eigenvalue weighted by Crippen LogP contribution is 2.29. The van der Waals surface area contributed by atoms with Crippen LogP contribution >= 0.6 is 0 Å². The summed E-state index contributed by atoms with van der Waals surface area (Å²) in [6, 6.07) is -0.602. The van der Waals surface area contributed by atoms with Gasteiger partial charge in [-0.15, -0.1) is 0 Å². The maximum absolute atomic E-state index is 12.3. The van der Waals surface area contributed by atoms with E-state index in [1.807, 2.05) is 4.72 Å². The van der Waals surface area contributed by atoms with Crippen LogP contribution in [0.1, 0.15) is 37.3 Å². The molecule has 0 bridgehead atoms. The van der Waals surface area contributed by atoms with Gasteiger partial charge in [0.05, 0.1) is 30.5 Å². The summed E-state index contributed by atoms with van der Waals surface area (Å²) in [6.07, 6.45) is 10.3. The Bertz CT molecular complexity index is 944. The van der Waals surface area contributed by atoms with Crippen LogP contribution in [0.15, 0.2) is 29.7 Å². The number of nitrogens with zero attached hydrogens (tertiary/aromatic N) is 4. The van der Waals surface area contributed by atoms with Crippen molar-refractivity contribution in [1.29, 1.82) is 0 Å².